The summed E-state index contributed by atoms with van der Waals surface area (Å²) in [5.41, 5.74) is 3.43. The highest BCUT2D eigenvalue weighted by Gasteiger charge is 2.12. The third kappa shape index (κ3) is 6.40. The maximum absolute atomic E-state index is 12.3. The van der Waals surface area contributed by atoms with Crippen molar-refractivity contribution < 1.29 is 23.7 Å². The highest BCUT2D eigenvalue weighted by molar-refractivity contribution is 6.02. The van der Waals surface area contributed by atoms with Crippen molar-refractivity contribution >= 4 is 29.8 Å². The van der Waals surface area contributed by atoms with E-state index in [2.05, 4.69) is 5.32 Å². The van der Waals surface area contributed by atoms with Crippen LogP contribution in [0.3, 0.4) is 0 Å². The van der Waals surface area contributed by atoms with E-state index < -0.39 is 0 Å². The minimum Gasteiger partial charge on any atom is -0.497 e. The molecule has 0 radical (unpaired) electrons. The van der Waals surface area contributed by atoms with Crippen LogP contribution in [0.15, 0.2) is 66.7 Å². The zero-order chi connectivity index (χ0) is 23.6. The molecule has 0 aliphatic carbocycles. The van der Waals surface area contributed by atoms with Gasteiger partial charge in [-0.1, -0.05) is 36.4 Å². The van der Waals surface area contributed by atoms with Crippen molar-refractivity contribution in [2.45, 2.75) is 0 Å². The zero-order valence-electron chi connectivity index (χ0n) is 19.1. The quantitative estimate of drug-likeness (QED) is 0.346. The van der Waals surface area contributed by atoms with Gasteiger partial charge in [0.15, 0.2) is 11.5 Å². The van der Waals surface area contributed by atoms with Crippen LogP contribution in [0.5, 0.6) is 23.0 Å². The lowest BCUT2D eigenvalue weighted by Crippen LogP contribution is -2.07. The molecule has 3 aromatic rings. The van der Waals surface area contributed by atoms with E-state index in [4.69, 9.17) is 18.9 Å². The number of hydrogen-bond acceptors (Lipinski definition) is 5. The molecule has 0 atom stereocenters. The molecule has 0 bridgehead atoms. The fourth-order valence-electron chi connectivity index (χ4n) is 3.18. The van der Waals surface area contributed by atoms with Crippen LogP contribution in [0.4, 0.5) is 5.69 Å². The number of carbonyl (C=O) groups is 1. The molecule has 0 fully saturated rings. The number of benzene rings is 3. The number of carbonyl (C=O) groups excluding carboxylic acids is 1. The van der Waals surface area contributed by atoms with E-state index >= 15 is 0 Å². The first-order chi connectivity index (χ1) is 16.1. The lowest BCUT2D eigenvalue weighted by Gasteiger charge is -2.12. The molecule has 0 unspecified atom stereocenters. The number of nitrogens with one attached hydrogen (secondary N) is 1. The predicted octanol–water partition coefficient (Wildman–Crippen LogP) is 5.54. The normalized spacial score (nSPS) is 10.9. The molecule has 0 aliphatic rings. The summed E-state index contributed by atoms with van der Waals surface area (Å²) >= 11 is 0. The topological polar surface area (TPSA) is 66.0 Å². The van der Waals surface area contributed by atoms with Crippen molar-refractivity contribution in [2.24, 2.45) is 0 Å². The first kappa shape index (κ1) is 23.5. The highest BCUT2D eigenvalue weighted by atomic mass is 16.5. The van der Waals surface area contributed by atoms with Gasteiger partial charge in [0.05, 0.1) is 28.4 Å². The van der Waals surface area contributed by atoms with Gasteiger partial charge in [-0.3, -0.25) is 4.79 Å². The summed E-state index contributed by atoms with van der Waals surface area (Å²) in [5, 5.41) is 2.88. The molecule has 1 amide bonds. The summed E-state index contributed by atoms with van der Waals surface area (Å²) in [6.45, 7) is 0. The van der Waals surface area contributed by atoms with Gasteiger partial charge < -0.3 is 24.3 Å². The summed E-state index contributed by atoms with van der Waals surface area (Å²) in [5.74, 6) is 2.27. The van der Waals surface area contributed by atoms with Gasteiger partial charge in [0.25, 0.3) is 0 Å². The minimum absolute atomic E-state index is 0.212. The van der Waals surface area contributed by atoms with E-state index in [1.165, 1.54) is 6.08 Å². The molecule has 170 valence electrons. The van der Waals surface area contributed by atoms with E-state index in [0.717, 1.165) is 22.4 Å². The second-order valence-corrected chi connectivity index (χ2v) is 7.01. The van der Waals surface area contributed by atoms with E-state index in [1.807, 2.05) is 72.8 Å². The second-order valence-electron chi connectivity index (χ2n) is 7.01. The fourth-order valence-corrected chi connectivity index (χ4v) is 3.18. The number of hydrogen-bond donors (Lipinski definition) is 1. The SMILES string of the molecule is COc1ccc(/C=C/C(=O)Nc2cccc(/C=C/c3cc(OC)c(OC)c(OC)c3)c2)cc1. The van der Waals surface area contributed by atoms with Crippen LogP contribution in [-0.2, 0) is 4.79 Å². The van der Waals surface area contributed by atoms with Crippen LogP contribution in [0.25, 0.3) is 18.2 Å². The minimum atomic E-state index is -0.212. The largest absolute Gasteiger partial charge is 0.497 e. The van der Waals surface area contributed by atoms with Crippen molar-refractivity contribution in [3.63, 3.8) is 0 Å². The summed E-state index contributed by atoms with van der Waals surface area (Å²) < 4.78 is 21.3. The molecule has 0 saturated heterocycles. The number of anilines is 1. The van der Waals surface area contributed by atoms with Crippen molar-refractivity contribution in [3.8, 4) is 23.0 Å². The third-order valence-electron chi connectivity index (χ3n) is 4.85. The molecule has 33 heavy (non-hydrogen) atoms. The summed E-state index contributed by atoms with van der Waals surface area (Å²) in [6.07, 6.45) is 7.14. The van der Waals surface area contributed by atoms with Gasteiger partial charge in [-0.25, -0.2) is 0 Å². The van der Waals surface area contributed by atoms with Gasteiger partial charge in [0.1, 0.15) is 5.75 Å². The first-order valence-corrected chi connectivity index (χ1v) is 10.3. The van der Waals surface area contributed by atoms with Crippen LogP contribution in [-0.4, -0.2) is 34.3 Å². The third-order valence-corrected chi connectivity index (χ3v) is 4.85. The number of ether oxygens (including phenoxy) is 4. The molecule has 3 rings (SSSR count). The van der Waals surface area contributed by atoms with Crippen LogP contribution in [0, 0.1) is 0 Å². The van der Waals surface area contributed by atoms with Crippen LogP contribution in [0.1, 0.15) is 16.7 Å². The number of rotatable bonds is 9. The summed E-state index contributed by atoms with van der Waals surface area (Å²) in [4.78, 5) is 12.3. The summed E-state index contributed by atoms with van der Waals surface area (Å²) in [6, 6.07) is 18.8. The van der Waals surface area contributed by atoms with Crippen molar-refractivity contribution in [1.29, 1.82) is 0 Å². The Morgan fingerprint density at radius 2 is 1.36 bits per heavy atom. The van der Waals surface area contributed by atoms with Gasteiger partial charge in [-0.05, 0) is 59.2 Å². The van der Waals surface area contributed by atoms with Gasteiger partial charge in [0.2, 0.25) is 11.7 Å². The Labute approximate surface area is 194 Å². The molecule has 0 spiro atoms. The molecule has 6 nitrogen and oxygen atoms in total. The Morgan fingerprint density at radius 3 is 1.97 bits per heavy atom. The van der Waals surface area contributed by atoms with Crippen molar-refractivity contribution in [2.75, 3.05) is 33.8 Å². The Morgan fingerprint density at radius 1 is 0.697 bits per heavy atom. The Kier molecular flexibility index (Phi) is 8.13. The standard InChI is InChI=1S/C27H27NO5/c1-30-23-13-10-19(11-14-23)12-15-26(29)28-22-7-5-6-20(16-22)8-9-21-17-24(31-2)27(33-4)25(18-21)32-3/h5-18H,1-4H3,(H,28,29)/b9-8+,15-12+. The average Bonchev–Trinajstić information content (AvgIpc) is 2.86. The number of amides is 1. The molecular formula is C27H27NO5. The monoisotopic (exact) mass is 445 g/mol. The van der Waals surface area contributed by atoms with E-state index in [1.54, 1.807) is 34.5 Å². The molecule has 1 N–H and O–H groups in total. The maximum Gasteiger partial charge on any atom is 0.248 e. The van der Waals surface area contributed by atoms with E-state index in [9.17, 15) is 4.79 Å². The number of methoxy groups -OCH3 is 4. The fraction of sp³-hybridized carbons (Fsp3) is 0.148. The van der Waals surface area contributed by atoms with E-state index in [-0.39, 0.29) is 5.91 Å². The lowest BCUT2D eigenvalue weighted by molar-refractivity contribution is -0.111. The van der Waals surface area contributed by atoms with Crippen molar-refractivity contribution in [3.05, 3.63) is 83.4 Å². The summed E-state index contributed by atoms with van der Waals surface area (Å²) in [7, 11) is 6.36. The molecular weight excluding hydrogens is 418 g/mol. The Balaban J connectivity index is 1.70. The van der Waals surface area contributed by atoms with Gasteiger partial charge in [-0.15, -0.1) is 0 Å². The second kappa shape index (κ2) is 11.4. The van der Waals surface area contributed by atoms with Crippen LogP contribution in [0.2, 0.25) is 0 Å². The van der Waals surface area contributed by atoms with Gasteiger partial charge in [0, 0.05) is 11.8 Å². The molecule has 3 aromatic carbocycles. The first-order valence-electron chi connectivity index (χ1n) is 10.3. The van der Waals surface area contributed by atoms with Crippen LogP contribution >= 0.6 is 0 Å². The van der Waals surface area contributed by atoms with Crippen LogP contribution < -0.4 is 24.3 Å². The average molecular weight is 446 g/mol. The van der Waals surface area contributed by atoms with Gasteiger partial charge in [-0.2, -0.15) is 0 Å². The Hall–Kier alpha value is -4.19. The molecule has 6 heteroatoms. The molecule has 0 aliphatic heterocycles. The highest BCUT2D eigenvalue weighted by Crippen LogP contribution is 2.38. The van der Waals surface area contributed by atoms with E-state index in [0.29, 0.717) is 22.9 Å². The molecule has 0 saturated carbocycles. The predicted molar refractivity (Wildman–Crippen MR) is 132 cm³/mol. The lowest BCUT2D eigenvalue weighted by atomic mass is 10.1. The van der Waals surface area contributed by atoms with Gasteiger partial charge >= 0.3 is 0 Å². The van der Waals surface area contributed by atoms with Crippen molar-refractivity contribution in [1.82, 2.24) is 0 Å². The zero-order valence-corrected chi connectivity index (χ0v) is 19.1. The Bertz CT molecular complexity index is 1120. The maximum atomic E-state index is 12.3. The smallest absolute Gasteiger partial charge is 0.248 e. The molecule has 0 heterocycles. The molecule has 0 aromatic heterocycles.